The highest BCUT2D eigenvalue weighted by Gasteiger charge is 2.62. The van der Waals surface area contributed by atoms with E-state index in [0.29, 0.717) is 18.6 Å². The van der Waals surface area contributed by atoms with Crippen molar-refractivity contribution in [3.05, 3.63) is 72.3 Å². The lowest BCUT2D eigenvalue weighted by atomic mass is 10.0. The third-order valence-corrected chi connectivity index (χ3v) is 11.6. The van der Waals surface area contributed by atoms with Gasteiger partial charge in [-0.05, 0) is 57.1 Å². The minimum atomic E-state index is -3.92. The van der Waals surface area contributed by atoms with Crippen LogP contribution < -0.4 is 10.0 Å². The minimum absolute atomic E-state index is 0.0584. The minimum Gasteiger partial charge on any atom is -0.442 e. The van der Waals surface area contributed by atoms with Gasteiger partial charge in [0.05, 0.1) is 11.8 Å². The maximum atomic E-state index is 14.3. The Morgan fingerprint density at radius 1 is 1.04 bits per heavy atom. The number of fused-ring (bicyclic) bond motifs is 3. The second-order valence-electron chi connectivity index (χ2n) is 15.2. The van der Waals surface area contributed by atoms with E-state index in [1.54, 1.807) is 34.6 Å². The van der Waals surface area contributed by atoms with Gasteiger partial charge in [-0.2, -0.15) is 5.06 Å². The van der Waals surface area contributed by atoms with Crippen LogP contribution in [0.5, 0.6) is 0 Å². The van der Waals surface area contributed by atoms with Gasteiger partial charge in [-0.1, -0.05) is 73.6 Å². The Morgan fingerprint density at radius 3 is 2.12 bits per heavy atom. The summed E-state index contributed by atoms with van der Waals surface area (Å²) in [5.41, 5.74) is 1.71. The van der Waals surface area contributed by atoms with Crippen molar-refractivity contribution in [2.45, 2.75) is 94.9 Å². The third kappa shape index (κ3) is 7.16. The quantitative estimate of drug-likeness (QED) is 0.150. The van der Waals surface area contributed by atoms with Crippen LogP contribution in [0.4, 0.5) is 4.79 Å². The number of nitrogens with zero attached hydrogens (tertiary/aromatic N) is 3. The number of hydrogen-bond acceptors (Lipinski definition) is 10. The standard InChI is InChI=1S/C37H45N5O9S/c1-7-22-19-37(22,34(45)40-52(48,49)24-16-17-24)38-32(43)29-18-23(20-41(29)33(44)31(21(2)3)42(47)35(46)50-36(4,5)6)51-39-30-27-14-10-8-12-25(27)26-13-9-11-15-28(26)30/h7-15,21-24,29,31,47H,1,16-20H2,2-6H3,(H,38,43)(H,40,45)/t22-,23-,29+,31-,37+/m1/s1. The Hall–Kier alpha value is -4.76. The molecule has 4 aliphatic rings. The fraction of sp³-hybridized carbons (Fsp3) is 0.486. The number of hydrogen-bond donors (Lipinski definition) is 3. The van der Waals surface area contributed by atoms with Crippen molar-refractivity contribution in [2.75, 3.05) is 6.54 Å². The number of carbonyl (C=O) groups excluding carboxylic acids is 4. The van der Waals surface area contributed by atoms with E-state index < -0.39 is 80.3 Å². The van der Waals surface area contributed by atoms with Gasteiger partial charge in [0, 0.05) is 23.5 Å². The Morgan fingerprint density at radius 2 is 1.62 bits per heavy atom. The van der Waals surface area contributed by atoms with Gasteiger partial charge in [0.1, 0.15) is 35.0 Å². The van der Waals surface area contributed by atoms with Gasteiger partial charge in [0.15, 0.2) is 0 Å². The SMILES string of the molecule is C=C[C@@H]1C[C@@]1(NC(=O)[C@@H]1C[C@@H](ON=C2c3ccccc3-c3ccccc32)CN1C(=O)[C@@H](C(C)C)N(O)C(=O)OC(C)(C)C)C(=O)NS(=O)(=O)C1CC1. The van der Waals surface area contributed by atoms with Gasteiger partial charge in [0.25, 0.3) is 5.91 Å². The predicted molar refractivity (Wildman–Crippen MR) is 190 cm³/mol. The van der Waals surface area contributed by atoms with Gasteiger partial charge < -0.3 is 19.8 Å². The first-order chi connectivity index (χ1) is 24.5. The van der Waals surface area contributed by atoms with Crippen LogP contribution in [0.3, 0.4) is 0 Å². The Bertz CT molecular complexity index is 1890. The number of ether oxygens (including phenoxy) is 1. The van der Waals surface area contributed by atoms with E-state index >= 15 is 0 Å². The van der Waals surface area contributed by atoms with Gasteiger partial charge >= 0.3 is 6.09 Å². The molecule has 2 aromatic carbocycles. The summed E-state index contributed by atoms with van der Waals surface area (Å²) in [4.78, 5) is 62.1. The topological polar surface area (TPSA) is 184 Å². The summed E-state index contributed by atoms with van der Waals surface area (Å²) >= 11 is 0. The normalized spacial score (nSPS) is 23.9. The van der Waals surface area contributed by atoms with E-state index in [1.165, 1.54) is 11.0 Å². The molecule has 2 aromatic rings. The molecule has 0 bridgehead atoms. The van der Waals surface area contributed by atoms with Crippen LogP contribution in [0.15, 0.2) is 66.3 Å². The molecule has 3 aliphatic carbocycles. The summed E-state index contributed by atoms with van der Waals surface area (Å²) in [6.45, 7) is 11.7. The van der Waals surface area contributed by atoms with E-state index in [1.807, 2.05) is 48.5 Å². The first kappa shape index (κ1) is 37.0. The van der Waals surface area contributed by atoms with Crippen molar-refractivity contribution < 1.29 is 42.4 Å². The van der Waals surface area contributed by atoms with Crippen LogP contribution in [0.1, 0.15) is 71.4 Å². The molecule has 0 spiro atoms. The zero-order chi connectivity index (χ0) is 37.7. The summed E-state index contributed by atoms with van der Waals surface area (Å²) in [5.74, 6) is -3.56. The van der Waals surface area contributed by atoms with Crippen molar-refractivity contribution in [1.29, 1.82) is 0 Å². The van der Waals surface area contributed by atoms with E-state index in [9.17, 15) is 32.8 Å². The lowest BCUT2D eigenvalue weighted by Crippen LogP contribution is -2.59. The second kappa shape index (κ2) is 13.7. The molecule has 1 saturated heterocycles. The molecule has 5 atom stereocenters. The third-order valence-electron chi connectivity index (χ3n) is 9.77. The maximum absolute atomic E-state index is 14.3. The van der Waals surface area contributed by atoms with Crippen molar-refractivity contribution in [1.82, 2.24) is 20.0 Å². The Balaban J connectivity index is 1.29. The molecule has 1 aliphatic heterocycles. The van der Waals surface area contributed by atoms with Crippen LogP contribution >= 0.6 is 0 Å². The molecular weight excluding hydrogens is 691 g/mol. The molecule has 0 aromatic heterocycles. The first-order valence-electron chi connectivity index (χ1n) is 17.4. The number of likely N-dealkylation sites (tertiary alicyclic amines) is 1. The van der Waals surface area contributed by atoms with Crippen molar-refractivity contribution in [3.8, 4) is 11.1 Å². The van der Waals surface area contributed by atoms with Gasteiger partial charge in [0.2, 0.25) is 21.8 Å². The number of benzene rings is 2. The first-order valence-corrected chi connectivity index (χ1v) is 19.0. The molecule has 278 valence electrons. The largest absolute Gasteiger partial charge is 0.442 e. The molecule has 14 nitrogen and oxygen atoms in total. The van der Waals surface area contributed by atoms with Gasteiger partial charge in [-0.25, -0.2) is 13.2 Å². The highest BCUT2D eigenvalue weighted by Crippen LogP contribution is 2.45. The highest BCUT2D eigenvalue weighted by molar-refractivity contribution is 7.91. The molecular formula is C37H45N5O9S. The predicted octanol–water partition coefficient (Wildman–Crippen LogP) is 3.73. The summed E-state index contributed by atoms with van der Waals surface area (Å²) in [5, 5.41) is 17.8. The number of rotatable bonds is 11. The van der Waals surface area contributed by atoms with E-state index in [0.717, 1.165) is 22.3 Å². The second-order valence-corrected chi connectivity index (χ2v) is 17.2. The number of hydroxylamine groups is 2. The Kier molecular flexibility index (Phi) is 9.72. The zero-order valence-corrected chi connectivity index (χ0v) is 30.7. The fourth-order valence-corrected chi connectivity index (χ4v) is 8.23. The molecule has 0 unspecified atom stereocenters. The molecule has 4 amide bonds. The van der Waals surface area contributed by atoms with E-state index in [-0.39, 0.29) is 24.4 Å². The number of nitrogens with one attached hydrogen (secondary N) is 2. The molecule has 15 heteroatoms. The lowest BCUT2D eigenvalue weighted by molar-refractivity contribution is -0.166. The van der Waals surface area contributed by atoms with Crippen LogP contribution in [-0.4, -0.2) is 94.2 Å². The number of amides is 4. The summed E-state index contributed by atoms with van der Waals surface area (Å²) in [6.07, 6.45) is 0.448. The number of sulfonamides is 1. The number of carbonyl (C=O) groups is 4. The van der Waals surface area contributed by atoms with Crippen molar-refractivity contribution in [3.63, 3.8) is 0 Å². The smallest absolute Gasteiger partial charge is 0.435 e. The van der Waals surface area contributed by atoms with Crippen LogP contribution in [-0.2, 0) is 34.0 Å². The monoisotopic (exact) mass is 735 g/mol. The molecule has 52 heavy (non-hydrogen) atoms. The summed E-state index contributed by atoms with van der Waals surface area (Å²) in [6, 6.07) is 12.8. The van der Waals surface area contributed by atoms with Gasteiger partial charge in [-0.15, -0.1) is 6.58 Å². The van der Waals surface area contributed by atoms with Gasteiger partial charge in [-0.3, -0.25) is 24.3 Å². The maximum Gasteiger partial charge on any atom is 0.435 e. The van der Waals surface area contributed by atoms with E-state index in [4.69, 9.17) is 9.57 Å². The Labute approximate surface area is 303 Å². The van der Waals surface area contributed by atoms with Crippen LogP contribution in [0, 0.1) is 11.8 Å². The van der Waals surface area contributed by atoms with Crippen LogP contribution in [0.25, 0.3) is 11.1 Å². The highest BCUT2D eigenvalue weighted by atomic mass is 32.2. The van der Waals surface area contributed by atoms with Crippen molar-refractivity contribution >= 4 is 39.5 Å². The van der Waals surface area contributed by atoms with E-state index in [2.05, 4.69) is 21.8 Å². The van der Waals surface area contributed by atoms with Crippen LogP contribution in [0.2, 0.25) is 0 Å². The van der Waals surface area contributed by atoms with Crippen molar-refractivity contribution in [2.24, 2.45) is 17.0 Å². The molecule has 2 saturated carbocycles. The zero-order valence-electron chi connectivity index (χ0n) is 29.9. The molecule has 1 heterocycles. The summed E-state index contributed by atoms with van der Waals surface area (Å²) in [7, 11) is -3.92. The average Bonchev–Trinajstić information content (AvgIpc) is 3.99. The average molecular weight is 736 g/mol. The lowest BCUT2D eigenvalue weighted by Gasteiger charge is -2.34. The molecule has 3 N–H and O–H groups in total. The number of oxime groups is 1. The molecule has 0 radical (unpaired) electrons. The molecule has 6 rings (SSSR count). The summed E-state index contributed by atoms with van der Waals surface area (Å²) < 4.78 is 32.8. The fourth-order valence-electron chi connectivity index (χ4n) is 6.87. The molecule has 3 fully saturated rings.